The van der Waals surface area contributed by atoms with E-state index in [-0.39, 0.29) is 5.75 Å². The predicted octanol–water partition coefficient (Wildman–Crippen LogP) is -0.724. The van der Waals surface area contributed by atoms with Gasteiger partial charge in [-0.25, -0.2) is 13.3 Å². The van der Waals surface area contributed by atoms with Gasteiger partial charge in [-0.1, -0.05) is 0 Å². The van der Waals surface area contributed by atoms with Crippen LogP contribution in [-0.4, -0.2) is 48.4 Å². The third kappa shape index (κ3) is 5.77. The Morgan fingerprint density at radius 3 is 2.36 bits per heavy atom. The van der Waals surface area contributed by atoms with Gasteiger partial charge in [0.1, 0.15) is 0 Å². The summed E-state index contributed by atoms with van der Waals surface area (Å²) in [7, 11) is -3.42. The predicted molar refractivity (Wildman–Crippen MR) is 54.8 cm³/mol. The van der Waals surface area contributed by atoms with Gasteiger partial charge in [0, 0.05) is 5.54 Å². The summed E-state index contributed by atoms with van der Waals surface area (Å²) in [6.45, 7) is 2.69. The maximum Gasteiger partial charge on any atom is 0.154 e. The molecule has 0 aromatic carbocycles. The molecule has 0 saturated heterocycles. The highest BCUT2D eigenvalue weighted by molar-refractivity contribution is 7.91. The number of rotatable bonds is 6. The average Bonchev–Trinajstić information content (AvgIpc) is 2.01. The Morgan fingerprint density at radius 2 is 2.00 bits per heavy atom. The molecule has 0 aliphatic rings. The summed E-state index contributed by atoms with van der Waals surface area (Å²) >= 11 is 5.34. The van der Waals surface area contributed by atoms with E-state index < -0.39 is 33.8 Å². The molecule has 0 bridgehead atoms. The van der Waals surface area contributed by atoms with Gasteiger partial charge in [0.05, 0.1) is 24.2 Å². The lowest BCUT2D eigenvalue weighted by Crippen LogP contribution is -2.42. The highest BCUT2D eigenvalue weighted by Gasteiger charge is 2.27. The molecule has 0 radical (unpaired) electrons. The number of hydrogen-bond acceptors (Lipinski definition) is 5. The van der Waals surface area contributed by atoms with Crippen molar-refractivity contribution in [1.29, 1.82) is 0 Å². The van der Waals surface area contributed by atoms with E-state index in [9.17, 15) is 8.42 Å². The SMILES string of the molecule is CC(C)(CS(=O)(=O)CC(O)CO)NCl. The Morgan fingerprint density at radius 1 is 1.50 bits per heavy atom. The molecule has 3 N–H and O–H groups in total. The van der Waals surface area contributed by atoms with E-state index in [1.54, 1.807) is 13.8 Å². The zero-order valence-electron chi connectivity index (χ0n) is 8.20. The maximum atomic E-state index is 11.4. The summed E-state index contributed by atoms with van der Waals surface area (Å²) in [5.74, 6) is -0.647. The molecule has 86 valence electrons. The van der Waals surface area contributed by atoms with Crippen molar-refractivity contribution in [3.8, 4) is 0 Å². The first-order chi connectivity index (χ1) is 6.22. The molecule has 0 amide bonds. The summed E-state index contributed by atoms with van der Waals surface area (Å²) in [6.07, 6.45) is -1.23. The lowest BCUT2D eigenvalue weighted by atomic mass is 10.1. The molecule has 1 atom stereocenters. The van der Waals surface area contributed by atoms with Gasteiger partial charge < -0.3 is 10.2 Å². The van der Waals surface area contributed by atoms with Gasteiger partial charge in [-0.15, -0.1) is 0 Å². The highest BCUT2D eigenvalue weighted by Crippen LogP contribution is 2.09. The monoisotopic (exact) mass is 245 g/mol. The van der Waals surface area contributed by atoms with Crippen LogP contribution in [0.4, 0.5) is 0 Å². The minimum absolute atomic E-state index is 0.194. The van der Waals surface area contributed by atoms with Crippen LogP contribution < -0.4 is 4.84 Å². The van der Waals surface area contributed by atoms with Gasteiger partial charge in [0.2, 0.25) is 0 Å². The first kappa shape index (κ1) is 14.1. The fourth-order valence-corrected chi connectivity index (χ4v) is 3.11. The molecule has 1 unspecified atom stereocenters. The first-order valence-corrected chi connectivity index (χ1v) is 6.29. The summed E-state index contributed by atoms with van der Waals surface area (Å²) in [5.41, 5.74) is -0.754. The molecule has 0 heterocycles. The lowest BCUT2D eigenvalue weighted by Gasteiger charge is -2.22. The largest absolute Gasteiger partial charge is 0.394 e. The maximum absolute atomic E-state index is 11.4. The Balaban J connectivity index is 4.36. The zero-order chi connectivity index (χ0) is 11.4. The van der Waals surface area contributed by atoms with E-state index in [0.717, 1.165) is 0 Å². The third-order valence-electron chi connectivity index (χ3n) is 1.49. The quantitative estimate of drug-likeness (QED) is 0.538. The Hall–Kier alpha value is 0.120. The van der Waals surface area contributed by atoms with Crippen LogP contribution in [-0.2, 0) is 9.84 Å². The number of aliphatic hydroxyl groups excluding tert-OH is 2. The normalized spacial score (nSPS) is 15.5. The van der Waals surface area contributed by atoms with Gasteiger partial charge in [-0.2, -0.15) is 0 Å². The molecular formula is C7H16ClNO4S. The Bertz CT molecular complexity index is 265. The second kappa shape index (κ2) is 5.27. The van der Waals surface area contributed by atoms with Crippen LogP contribution in [0.2, 0.25) is 0 Å². The molecule has 0 spiro atoms. The molecule has 14 heavy (non-hydrogen) atoms. The van der Waals surface area contributed by atoms with E-state index in [0.29, 0.717) is 0 Å². The summed E-state index contributed by atoms with van der Waals surface area (Å²) in [4.78, 5) is 2.34. The molecule has 0 fully saturated rings. The number of nitrogens with one attached hydrogen (secondary N) is 1. The van der Waals surface area contributed by atoms with E-state index in [4.69, 9.17) is 22.0 Å². The van der Waals surface area contributed by atoms with Crippen LogP contribution in [0.1, 0.15) is 13.8 Å². The summed E-state index contributed by atoms with van der Waals surface area (Å²) in [6, 6.07) is 0. The average molecular weight is 246 g/mol. The van der Waals surface area contributed by atoms with E-state index in [1.807, 2.05) is 0 Å². The van der Waals surface area contributed by atoms with Crippen molar-refractivity contribution in [2.24, 2.45) is 0 Å². The smallest absolute Gasteiger partial charge is 0.154 e. The van der Waals surface area contributed by atoms with Crippen LogP contribution in [0.3, 0.4) is 0 Å². The minimum Gasteiger partial charge on any atom is -0.394 e. The van der Waals surface area contributed by atoms with Crippen molar-refractivity contribution >= 4 is 21.6 Å². The van der Waals surface area contributed by atoms with Crippen molar-refractivity contribution in [2.75, 3.05) is 18.1 Å². The zero-order valence-corrected chi connectivity index (χ0v) is 9.77. The van der Waals surface area contributed by atoms with Crippen molar-refractivity contribution in [3.05, 3.63) is 0 Å². The first-order valence-electron chi connectivity index (χ1n) is 4.09. The highest BCUT2D eigenvalue weighted by atomic mass is 35.5. The van der Waals surface area contributed by atoms with E-state index in [1.165, 1.54) is 0 Å². The van der Waals surface area contributed by atoms with Crippen molar-refractivity contribution in [2.45, 2.75) is 25.5 Å². The Kier molecular flexibility index (Phi) is 5.32. The van der Waals surface area contributed by atoms with Crippen LogP contribution in [0.25, 0.3) is 0 Å². The fraction of sp³-hybridized carbons (Fsp3) is 1.00. The van der Waals surface area contributed by atoms with Crippen LogP contribution in [0.5, 0.6) is 0 Å². The number of sulfone groups is 1. The standard InChI is InChI=1S/C7H16ClNO4S/c1-7(2,9-8)5-14(12,13)4-6(11)3-10/h6,9-11H,3-5H2,1-2H3. The number of halogens is 1. The van der Waals surface area contributed by atoms with Crippen LogP contribution >= 0.6 is 11.8 Å². The second-order valence-corrected chi connectivity index (χ2v) is 6.17. The van der Waals surface area contributed by atoms with Gasteiger partial charge in [0.15, 0.2) is 9.84 Å². The molecule has 0 aromatic heterocycles. The van der Waals surface area contributed by atoms with Gasteiger partial charge in [0.25, 0.3) is 0 Å². The molecule has 0 aliphatic carbocycles. The topological polar surface area (TPSA) is 86.6 Å². The van der Waals surface area contributed by atoms with Gasteiger partial charge in [-0.3, -0.25) is 0 Å². The molecular weight excluding hydrogens is 230 g/mol. The lowest BCUT2D eigenvalue weighted by molar-refractivity contribution is 0.112. The van der Waals surface area contributed by atoms with Crippen LogP contribution in [0, 0.1) is 0 Å². The summed E-state index contributed by atoms with van der Waals surface area (Å²) in [5, 5.41) is 17.5. The number of hydrogen-bond donors (Lipinski definition) is 3. The molecule has 0 rings (SSSR count). The van der Waals surface area contributed by atoms with Gasteiger partial charge >= 0.3 is 0 Å². The van der Waals surface area contributed by atoms with Crippen molar-refractivity contribution < 1.29 is 18.6 Å². The minimum atomic E-state index is -3.42. The number of aliphatic hydroxyl groups is 2. The van der Waals surface area contributed by atoms with Gasteiger partial charge in [-0.05, 0) is 25.6 Å². The molecule has 0 saturated carbocycles. The Labute approximate surface area is 89.1 Å². The third-order valence-corrected chi connectivity index (χ3v) is 4.06. The molecule has 7 heteroatoms. The summed E-state index contributed by atoms with van der Waals surface area (Å²) < 4.78 is 22.8. The fourth-order valence-electron chi connectivity index (χ4n) is 0.982. The molecule has 0 aromatic rings. The molecule has 5 nitrogen and oxygen atoms in total. The molecule has 0 aliphatic heterocycles. The van der Waals surface area contributed by atoms with Crippen molar-refractivity contribution in [3.63, 3.8) is 0 Å². The second-order valence-electron chi connectivity index (χ2n) is 3.87. The van der Waals surface area contributed by atoms with Crippen LogP contribution in [0.15, 0.2) is 0 Å². The van der Waals surface area contributed by atoms with E-state index >= 15 is 0 Å². The van der Waals surface area contributed by atoms with Crippen molar-refractivity contribution in [1.82, 2.24) is 4.84 Å². The van der Waals surface area contributed by atoms with E-state index in [2.05, 4.69) is 4.84 Å².